The van der Waals surface area contributed by atoms with Crippen LogP contribution in [0.5, 0.6) is 0 Å². The number of nitrogens with zero attached hydrogens (tertiary/aromatic N) is 2. The lowest BCUT2D eigenvalue weighted by atomic mass is 10.0. The van der Waals surface area contributed by atoms with Gasteiger partial charge in [-0.15, -0.1) is 0 Å². The monoisotopic (exact) mass is 282 g/mol. The fourth-order valence-corrected chi connectivity index (χ4v) is 1.73. The van der Waals surface area contributed by atoms with Gasteiger partial charge in [0.2, 0.25) is 0 Å². The van der Waals surface area contributed by atoms with Gasteiger partial charge in [-0.2, -0.15) is 0 Å². The van der Waals surface area contributed by atoms with Crippen LogP contribution < -0.4 is 0 Å². The second-order valence-corrected chi connectivity index (χ2v) is 4.16. The molecule has 0 aliphatic carbocycles. The van der Waals surface area contributed by atoms with Gasteiger partial charge in [-0.3, -0.25) is 0 Å². The number of aliphatic hydroxyl groups is 1. The lowest BCUT2D eigenvalue weighted by Crippen LogP contribution is -2.03. The summed E-state index contributed by atoms with van der Waals surface area (Å²) in [7, 11) is 0. The van der Waals surface area contributed by atoms with E-state index in [4.69, 9.17) is 0 Å². The van der Waals surface area contributed by atoms with Gasteiger partial charge in [0.25, 0.3) is 0 Å². The van der Waals surface area contributed by atoms with Crippen LogP contribution in [-0.4, -0.2) is 15.1 Å². The van der Waals surface area contributed by atoms with E-state index in [1.54, 1.807) is 6.07 Å². The summed E-state index contributed by atoms with van der Waals surface area (Å²) in [5.41, 5.74) is 0.656. The zero-order valence-corrected chi connectivity index (χ0v) is 9.73. The first-order valence-corrected chi connectivity index (χ1v) is 5.35. The van der Waals surface area contributed by atoms with E-state index in [9.17, 15) is 9.50 Å². The molecule has 1 heterocycles. The molecule has 1 unspecified atom stereocenters. The Labute approximate surface area is 100 Å². The first kappa shape index (κ1) is 11.2. The van der Waals surface area contributed by atoms with Crippen LogP contribution in [0.25, 0.3) is 0 Å². The standard InChI is InChI=1S/C11H8BrFN2O/c12-8-1-2-10(13)9(3-8)11(16)7-4-14-6-15-5-7/h1-6,11,16H. The third-order valence-corrected chi connectivity index (χ3v) is 2.64. The molecule has 3 nitrogen and oxygen atoms in total. The Bertz CT molecular complexity index is 493. The second kappa shape index (κ2) is 4.67. The van der Waals surface area contributed by atoms with Gasteiger partial charge in [0.15, 0.2) is 0 Å². The highest BCUT2D eigenvalue weighted by molar-refractivity contribution is 9.10. The summed E-state index contributed by atoms with van der Waals surface area (Å²) < 4.78 is 14.2. The molecule has 0 fully saturated rings. The number of rotatable bonds is 2. The number of benzene rings is 1. The molecule has 0 bridgehead atoms. The first-order valence-electron chi connectivity index (χ1n) is 4.56. The van der Waals surface area contributed by atoms with Crippen LogP contribution in [0, 0.1) is 5.82 Å². The Hall–Kier alpha value is -1.33. The molecule has 0 saturated heterocycles. The van der Waals surface area contributed by atoms with E-state index in [-0.39, 0.29) is 5.56 Å². The molecular weight excluding hydrogens is 275 g/mol. The van der Waals surface area contributed by atoms with Gasteiger partial charge in [0.05, 0.1) is 0 Å². The van der Waals surface area contributed by atoms with Crippen LogP contribution in [0.2, 0.25) is 0 Å². The first-order chi connectivity index (χ1) is 7.68. The minimum Gasteiger partial charge on any atom is -0.383 e. The minimum absolute atomic E-state index is 0.198. The van der Waals surface area contributed by atoms with E-state index >= 15 is 0 Å². The number of aliphatic hydroxyl groups excluding tert-OH is 1. The zero-order valence-electron chi connectivity index (χ0n) is 8.14. The van der Waals surface area contributed by atoms with Crippen molar-refractivity contribution in [3.8, 4) is 0 Å². The molecule has 0 radical (unpaired) electrons. The van der Waals surface area contributed by atoms with Crippen molar-refractivity contribution in [2.24, 2.45) is 0 Å². The molecule has 1 aromatic heterocycles. The van der Waals surface area contributed by atoms with Crippen LogP contribution in [0.15, 0.2) is 41.4 Å². The van der Waals surface area contributed by atoms with Crippen molar-refractivity contribution in [2.75, 3.05) is 0 Å². The van der Waals surface area contributed by atoms with Gasteiger partial charge in [-0.05, 0) is 18.2 Å². The average Bonchev–Trinajstić information content (AvgIpc) is 2.32. The maximum Gasteiger partial charge on any atom is 0.129 e. The van der Waals surface area contributed by atoms with Gasteiger partial charge < -0.3 is 5.11 Å². The summed E-state index contributed by atoms with van der Waals surface area (Å²) in [5.74, 6) is -0.459. The Morgan fingerprint density at radius 3 is 2.62 bits per heavy atom. The number of aromatic nitrogens is 2. The van der Waals surface area contributed by atoms with E-state index < -0.39 is 11.9 Å². The Balaban J connectivity index is 2.41. The van der Waals surface area contributed by atoms with Crippen LogP contribution >= 0.6 is 15.9 Å². The van der Waals surface area contributed by atoms with Crippen LogP contribution in [-0.2, 0) is 0 Å². The van der Waals surface area contributed by atoms with Crippen LogP contribution in [0.3, 0.4) is 0 Å². The number of hydrogen-bond donors (Lipinski definition) is 1. The van der Waals surface area contributed by atoms with Crippen LogP contribution in [0.4, 0.5) is 4.39 Å². The number of hydrogen-bond acceptors (Lipinski definition) is 3. The van der Waals surface area contributed by atoms with Gasteiger partial charge in [-0.1, -0.05) is 15.9 Å². The fraction of sp³-hybridized carbons (Fsp3) is 0.0909. The van der Waals surface area contributed by atoms with E-state index in [1.165, 1.54) is 30.9 Å². The van der Waals surface area contributed by atoms with Crippen molar-refractivity contribution in [1.29, 1.82) is 0 Å². The summed E-state index contributed by atoms with van der Waals surface area (Å²) >= 11 is 3.23. The third kappa shape index (κ3) is 2.25. The van der Waals surface area contributed by atoms with E-state index in [2.05, 4.69) is 25.9 Å². The van der Waals surface area contributed by atoms with Crippen molar-refractivity contribution in [1.82, 2.24) is 9.97 Å². The molecule has 0 saturated carbocycles. The van der Waals surface area contributed by atoms with E-state index in [1.807, 2.05) is 0 Å². The van der Waals surface area contributed by atoms with E-state index in [0.717, 1.165) is 0 Å². The Morgan fingerprint density at radius 1 is 1.25 bits per heavy atom. The topological polar surface area (TPSA) is 46.0 Å². The Morgan fingerprint density at radius 2 is 1.94 bits per heavy atom. The quantitative estimate of drug-likeness (QED) is 0.920. The lowest BCUT2D eigenvalue weighted by molar-refractivity contribution is 0.214. The molecule has 2 aromatic rings. The molecule has 82 valence electrons. The van der Waals surface area contributed by atoms with Gasteiger partial charge in [-0.25, -0.2) is 14.4 Å². The second-order valence-electron chi connectivity index (χ2n) is 3.24. The smallest absolute Gasteiger partial charge is 0.129 e. The average molecular weight is 283 g/mol. The Kier molecular flexibility index (Phi) is 3.26. The molecule has 0 aliphatic heterocycles. The largest absolute Gasteiger partial charge is 0.383 e. The summed E-state index contributed by atoms with van der Waals surface area (Å²) in [6, 6.07) is 4.41. The van der Waals surface area contributed by atoms with Crippen molar-refractivity contribution >= 4 is 15.9 Å². The van der Waals surface area contributed by atoms with Crippen LogP contribution in [0.1, 0.15) is 17.2 Å². The molecule has 2 rings (SSSR count). The maximum absolute atomic E-state index is 13.5. The van der Waals surface area contributed by atoms with Gasteiger partial charge in [0, 0.05) is 28.0 Å². The summed E-state index contributed by atoms with van der Waals surface area (Å²) in [4.78, 5) is 7.56. The van der Waals surface area contributed by atoms with Crippen molar-refractivity contribution in [3.63, 3.8) is 0 Å². The summed E-state index contributed by atoms with van der Waals surface area (Å²) in [5, 5.41) is 9.96. The zero-order chi connectivity index (χ0) is 11.5. The van der Waals surface area contributed by atoms with Crippen molar-refractivity contribution < 1.29 is 9.50 Å². The van der Waals surface area contributed by atoms with Gasteiger partial charge in [0.1, 0.15) is 18.2 Å². The summed E-state index contributed by atoms with van der Waals surface area (Å²) in [6.07, 6.45) is 3.21. The summed E-state index contributed by atoms with van der Waals surface area (Å²) in [6.45, 7) is 0. The minimum atomic E-state index is -1.06. The molecule has 1 aromatic carbocycles. The van der Waals surface area contributed by atoms with E-state index in [0.29, 0.717) is 10.0 Å². The normalized spacial score (nSPS) is 12.4. The highest BCUT2D eigenvalue weighted by Crippen LogP contribution is 2.25. The highest BCUT2D eigenvalue weighted by Gasteiger charge is 2.15. The molecule has 16 heavy (non-hydrogen) atoms. The molecule has 0 amide bonds. The maximum atomic E-state index is 13.5. The highest BCUT2D eigenvalue weighted by atomic mass is 79.9. The molecule has 0 aliphatic rings. The predicted molar refractivity (Wildman–Crippen MR) is 60.2 cm³/mol. The third-order valence-electron chi connectivity index (χ3n) is 2.15. The molecule has 5 heteroatoms. The van der Waals surface area contributed by atoms with Gasteiger partial charge >= 0.3 is 0 Å². The SMILES string of the molecule is OC(c1cncnc1)c1cc(Br)ccc1F. The molecule has 1 N–H and O–H groups in total. The predicted octanol–water partition coefficient (Wildman–Crippen LogP) is 2.46. The lowest BCUT2D eigenvalue weighted by Gasteiger charge is -2.11. The fourth-order valence-electron chi connectivity index (χ4n) is 1.36. The molecule has 0 spiro atoms. The number of halogens is 2. The van der Waals surface area contributed by atoms with Crippen molar-refractivity contribution in [3.05, 3.63) is 58.3 Å². The van der Waals surface area contributed by atoms with Crippen molar-refractivity contribution in [2.45, 2.75) is 6.10 Å². The molecular formula is C11H8BrFN2O. The molecule has 1 atom stereocenters.